The zero-order valence-electron chi connectivity index (χ0n) is 18.4. The monoisotopic (exact) mass is 488 g/mol. The van der Waals surface area contributed by atoms with Gasteiger partial charge in [-0.2, -0.15) is 4.31 Å². The molecule has 2 aliphatic rings. The molecule has 2 fully saturated rings. The number of rotatable bonds is 6. The van der Waals surface area contributed by atoms with E-state index < -0.39 is 21.7 Å². The highest BCUT2D eigenvalue weighted by Crippen LogP contribution is 2.22. The number of nitrogens with zero attached hydrogens (tertiary/aromatic N) is 3. The van der Waals surface area contributed by atoms with Crippen molar-refractivity contribution in [3.05, 3.63) is 59.9 Å². The van der Waals surface area contributed by atoms with E-state index in [1.54, 1.807) is 29.2 Å². The van der Waals surface area contributed by atoms with E-state index in [0.717, 1.165) is 22.5 Å². The fourth-order valence-corrected chi connectivity index (χ4v) is 5.54. The fraction of sp³-hybridized carbons (Fsp3) is 0.348. The average molecular weight is 489 g/mol. The molecular weight excluding hydrogens is 463 g/mol. The number of hydrogen-bond acceptors (Lipinski definition) is 5. The Balaban J connectivity index is 1.28. The minimum atomic E-state index is -3.99. The van der Waals surface area contributed by atoms with E-state index in [4.69, 9.17) is 0 Å². The van der Waals surface area contributed by atoms with Crippen molar-refractivity contribution in [3.63, 3.8) is 0 Å². The maximum atomic E-state index is 14.0. The number of carbonyl (C=O) groups is 3. The predicted molar refractivity (Wildman–Crippen MR) is 122 cm³/mol. The quantitative estimate of drug-likeness (QED) is 0.658. The maximum absolute atomic E-state index is 14.0. The van der Waals surface area contributed by atoms with Gasteiger partial charge in [0, 0.05) is 50.4 Å². The number of hydrogen-bond donors (Lipinski definition) is 1. The summed E-state index contributed by atoms with van der Waals surface area (Å²) in [7, 11) is -3.99. The Kier molecular flexibility index (Phi) is 6.94. The van der Waals surface area contributed by atoms with Crippen LogP contribution in [0.4, 0.5) is 10.1 Å². The molecule has 9 nitrogen and oxygen atoms in total. The molecule has 2 aromatic rings. The second-order valence-corrected chi connectivity index (χ2v) is 10.0. The largest absolute Gasteiger partial charge is 0.343 e. The summed E-state index contributed by atoms with van der Waals surface area (Å²) in [6.07, 6.45) is 1.33. The number of halogens is 1. The van der Waals surface area contributed by atoms with Crippen LogP contribution in [0, 0.1) is 5.82 Å². The minimum absolute atomic E-state index is 0.0348. The van der Waals surface area contributed by atoms with Crippen molar-refractivity contribution >= 4 is 33.4 Å². The van der Waals surface area contributed by atoms with Crippen LogP contribution in [0.5, 0.6) is 0 Å². The molecule has 2 aromatic carbocycles. The van der Waals surface area contributed by atoms with Crippen LogP contribution in [0.3, 0.4) is 0 Å². The van der Waals surface area contributed by atoms with Gasteiger partial charge in [-0.15, -0.1) is 0 Å². The number of piperazine rings is 1. The standard InChI is InChI=1S/C23H25FN4O5S/c24-19-4-1-2-5-20(19)34(32,33)27-14-12-26(13-15-27)22(30)16-25-23(31)17-7-9-18(10-8-17)28-11-3-6-21(28)29/h1-2,4-5,7-10H,3,6,11-16H2,(H,25,31). The molecule has 1 N–H and O–H groups in total. The smallest absolute Gasteiger partial charge is 0.251 e. The molecule has 4 rings (SSSR count). The minimum Gasteiger partial charge on any atom is -0.343 e. The molecular formula is C23H25FN4O5S. The van der Waals surface area contributed by atoms with Gasteiger partial charge in [-0.1, -0.05) is 12.1 Å². The fourth-order valence-electron chi connectivity index (χ4n) is 4.05. The van der Waals surface area contributed by atoms with Crippen LogP contribution >= 0.6 is 0 Å². The summed E-state index contributed by atoms with van der Waals surface area (Å²) >= 11 is 0. The molecule has 11 heteroatoms. The van der Waals surface area contributed by atoms with E-state index in [0.29, 0.717) is 18.5 Å². The summed E-state index contributed by atoms with van der Waals surface area (Å²) in [4.78, 5) is 39.5. The van der Waals surface area contributed by atoms with Gasteiger partial charge in [0.2, 0.25) is 21.8 Å². The second kappa shape index (κ2) is 9.90. The van der Waals surface area contributed by atoms with Crippen molar-refractivity contribution in [3.8, 4) is 0 Å². The third-order valence-electron chi connectivity index (χ3n) is 5.96. The van der Waals surface area contributed by atoms with Gasteiger partial charge in [0.25, 0.3) is 5.91 Å². The third kappa shape index (κ3) is 4.95. The van der Waals surface area contributed by atoms with Crippen molar-refractivity contribution < 1.29 is 27.2 Å². The lowest BCUT2D eigenvalue weighted by atomic mass is 10.2. The summed E-state index contributed by atoms with van der Waals surface area (Å²) in [6.45, 7) is 0.779. The van der Waals surface area contributed by atoms with Crippen LogP contribution in [0.1, 0.15) is 23.2 Å². The van der Waals surface area contributed by atoms with E-state index in [1.807, 2.05) is 0 Å². The summed E-state index contributed by atoms with van der Waals surface area (Å²) in [5.41, 5.74) is 1.10. The summed E-state index contributed by atoms with van der Waals surface area (Å²) < 4.78 is 40.5. The zero-order valence-corrected chi connectivity index (χ0v) is 19.3. The van der Waals surface area contributed by atoms with Gasteiger partial charge in [-0.3, -0.25) is 14.4 Å². The van der Waals surface area contributed by atoms with Gasteiger partial charge in [-0.25, -0.2) is 12.8 Å². The number of nitrogens with one attached hydrogen (secondary N) is 1. The van der Waals surface area contributed by atoms with Crippen molar-refractivity contribution in [2.24, 2.45) is 0 Å². The molecule has 3 amide bonds. The van der Waals surface area contributed by atoms with Gasteiger partial charge in [0.1, 0.15) is 10.7 Å². The molecule has 180 valence electrons. The SMILES string of the molecule is O=C(NCC(=O)N1CCN(S(=O)(=O)c2ccccc2F)CC1)c1ccc(N2CCCC2=O)cc1. The molecule has 0 spiro atoms. The number of carbonyl (C=O) groups excluding carboxylic acids is 3. The Morgan fingerprint density at radius 2 is 1.62 bits per heavy atom. The van der Waals surface area contributed by atoms with E-state index in [-0.39, 0.29) is 49.4 Å². The first-order valence-electron chi connectivity index (χ1n) is 11.0. The van der Waals surface area contributed by atoms with Crippen molar-refractivity contribution in [2.45, 2.75) is 17.7 Å². The van der Waals surface area contributed by atoms with Crippen molar-refractivity contribution in [1.82, 2.24) is 14.5 Å². The zero-order chi connectivity index (χ0) is 24.3. The molecule has 0 atom stereocenters. The highest BCUT2D eigenvalue weighted by Gasteiger charge is 2.31. The summed E-state index contributed by atoms with van der Waals surface area (Å²) in [5, 5.41) is 2.58. The van der Waals surface area contributed by atoms with Gasteiger partial charge < -0.3 is 15.1 Å². The van der Waals surface area contributed by atoms with E-state index in [9.17, 15) is 27.2 Å². The van der Waals surface area contributed by atoms with E-state index in [2.05, 4.69) is 5.32 Å². The molecule has 0 aromatic heterocycles. The normalized spacial score (nSPS) is 17.1. The molecule has 0 saturated carbocycles. The van der Waals surface area contributed by atoms with Crippen LogP contribution in [0.15, 0.2) is 53.4 Å². The van der Waals surface area contributed by atoms with Crippen molar-refractivity contribution in [2.75, 3.05) is 44.2 Å². The van der Waals surface area contributed by atoms with Crippen molar-refractivity contribution in [1.29, 1.82) is 0 Å². The predicted octanol–water partition coefficient (Wildman–Crippen LogP) is 1.22. The average Bonchev–Trinajstić information content (AvgIpc) is 3.28. The number of sulfonamides is 1. The number of anilines is 1. The van der Waals surface area contributed by atoms with Gasteiger partial charge in [0.05, 0.1) is 6.54 Å². The van der Waals surface area contributed by atoms with Crippen LogP contribution in [-0.4, -0.2) is 74.6 Å². The van der Waals surface area contributed by atoms with Crippen LogP contribution < -0.4 is 10.2 Å². The molecule has 2 saturated heterocycles. The Labute approximate surface area is 197 Å². The first kappa shape index (κ1) is 23.8. The molecule has 34 heavy (non-hydrogen) atoms. The van der Waals surface area contributed by atoms with Gasteiger partial charge in [-0.05, 0) is 42.8 Å². The number of amides is 3. The lowest BCUT2D eigenvalue weighted by Crippen LogP contribution is -2.52. The highest BCUT2D eigenvalue weighted by atomic mass is 32.2. The molecule has 2 aliphatic heterocycles. The summed E-state index contributed by atoms with van der Waals surface area (Å²) in [6, 6.07) is 11.8. The Hall–Kier alpha value is -3.31. The first-order chi connectivity index (χ1) is 16.3. The van der Waals surface area contributed by atoms with Gasteiger partial charge >= 0.3 is 0 Å². The number of benzene rings is 2. The second-order valence-electron chi connectivity index (χ2n) is 8.09. The van der Waals surface area contributed by atoms with Crippen LogP contribution in [-0.2, 0) is 19.6 Å². The van der Waals surface area contributed by atoms with Gasteiger partial charge in [0.15, 0.2) is 0 Å². The van der Waals surface area contributed by atoms with E-state index in [1.165, 1.54) is 23.1 Å². The molecule has 0 unspecified atom stereocenters. The van der Waals surface area contributed by atoms with E-state index >= 15 is 0 Å². The molecule has 0 aliphatic carbocycles. The lowest BCUT2D eigenvalue weighted by Gasteiger charge is -2.34. The molecule has 2 heterocycles. The third-order valence-corrected chi connectivity index (χ3v) is 7.89. The summed E-state index contributed by atoms with van der Waals surface area (Å²) in [5.74, 6) is -1.52. The Morgan fingerprint density at radius 3 is 2.24 bits per heavy atom. The van der Waals surface area contributed by atoms with Crippen LogP contribution in [0.2, 0.25) is 0 Å². The Morgan fingerprint density at radius 1 is 0.941 bits per heavy atom. The van der Waals surface area contributed by atoms with Crippen LogP contribution in [0.25, 0.3) is 0 Å². The Bertz CT molecular complexity index is 1190. The molecule has 0 bridgehead atoms. The maximum Gasteiger partial charge on any atom is 0.251 e. The molecule has 0 radical (unpaired) electrons. The highest BCUT2D eigenvalue weighted by molar-refractivity contribution is 7.89. The topological polar surface area (TPSA) is 107 Å². The lowest BCUT2D eigenvalue weighted by molar-refractivity contribution is -0.131. The first-order valence-corrected chi connectivity index (χ1v) is 12.4.